The lowest BCUT2D eigenvalue weighted by atomic mass is 9.94. The van der Waals surface area contributed by atoms with E-state index >= 15 is 0 Å². The number of nitrogens with zero attached hydrogens (tertiary/aromatic N) is 2. The van der Waals surface area contributed by atoms with Gasteiger partial charge in [-0.05, 0) is 25.0 Å². The Morgan fingerprint density at radius 3 is 2.74 bits per heavy atom. The quantitative estimate of drug-likeness (QED) is 0.849. The standard InChI is InChI=1S/C14H20N2O3/c17-10-9-16(11-5-2-1-3-6-11)13-12(14(18)19)7-4-8-15-13/h4,7-8,11,17H,1-3,5-6,9-10H2,(H,18,19). The maximum atomic E-state index is 11.3. The van der Waals surface area contributed by atoms with Gasteiger partial charge in [-0.1, -0.05) is 19.3 Å². The largest absolute Gasteiger partial charge is 0.478 e. The van der Waals surface area contributed by atoms with Crippen LogP contribution in [0.15, 0.2) is 18.3 Å². The first-order valence-corrected chi connectivity index (χ1v) is 6.80. The average Bonchev–Trinajstić information content (AvgIpc) is 2.45. The van der Waals surface area contributed by atoms with Gasteiger partial charge in [0.2, 0.25) is 0 Å². The van der Waals surface area contributed by atoms with Crippen LogP contribution in [0.5, 0.6) is 0 Å². The Kier molecular flexibility index (Phi) is 4.74. The summed E-state index contributed by atoms with van der Waals surface area (Å²) in [5.41, 5.74) is 0.210. The molecule has 1 heterocycles. The summed E-state index contributed by atoms with van der Waals surface area (Å²) in [4.78, 5) is 17.5. The van der Waals surface area contributed by atoms with Gasteiger partial charge in [-0.25, -0.2) is 9.78 Å². The number of pyridine rings is 1. The normalized spacial score (nSPS) is 16.3. The van der Waals surface area contributed by atoms with Gasteiger partial charge >= 0.3 is 5.97 Å². The SMILES string of the molecule is O=C(O)c1cccnc1N(CCO)C1CCCCC1. The minimum atomic E-state index is -0.971. The van der Waals surface area contributed by atoms with Crippen molar-refractivity contribution in [2.45, 2.75) is 38.1 Å². The molecule has 0 aromatic carbocycles. The van der Waals surface area contributed by atoms with E-state index in [4.69, 9.17) is 0 Å². The maximum absolute atomic E-state index is 11.3. The lowest BCUT2D eigenvalue weighted by molar-refractivity contribution is 0.0697. The molecule has 1 aromatic heterocycles. The van der Waals surface area contributed by atoms with Crippen LogP contribution in [0.3, 0.4) is 0 Å². The molecule has 5 heteroatoms. The monoisotopic (exact) mass is 264 g/mol. The highest BCUT2D eigenvalue weighted by molar-refractivity contribution is 5.93. The molecule has 0 amide bonds. The summed E-state index contributed by atoms with van der Waals surface area (Å²) in [6.45, 7) is 0.439. The summed E-state index contributed by atoms with van der Waals surface area (Å²) in [5.74, 6) is -0.488. The summed E-state index contributed by atoms with van der Waals surface area (Å²) in [6, 6.07) is 3.48. The third-order valence-corrected chi connectivity index (χ3v) is 3.65. The Balaban J connectivity index is 2.29. The third kappa shape index (κ3) is 3.23. The second kappa shape index (κ2) is 6.52. The molecule has 0 saturated heterocycles. The summed E-state index contributed by atoms with van der Waals surface area (Å²) in [6.07, 6.45) is 7.22. The molecule has 1 aliphatic carbocycles. The zero-order chi connectivity index (χ0) is 13.7. The van der Waals surface area contributed by atoms with Crippen molar-refractivity contribution in [2.75, 3.05) is 18.1 Å². The molecule has 0 spiro atoms. The molecule has 2 N–H and O–H groups in total. The molecule has 0 aliphatic heterocycles. The minimum absolute atomic E-state index is 0.00608. The van der Waals surface area contributed by atoms with Crippen molar-refractivity contribution >= 4 is 11.8 Å². The summed E-state index contributed by atoms with van der Waals surface area (Å²) >= 11 is 0. The van der Waals surface area contributed by atoms with Crippen molar-refractivity contribution in [3.8, 4) is 0 Å². The number of hydrogen-bond donors (Lipinski definition) is 2. The van der Waals surface area contributed by atoms with E-state index in [1.807, 2.05) is 4.90 Å². The topological polar surface area (TPSA) is 73.7 Å². The van der Waals surface area contributed by atoms with Crippen LogP contribution >= 0.6 is 0 Å². The lowest BCUT2D eigenvalue weighted by Crippen LogP contribution is -2.40. The predicted molar refractivity (Wildman–Crippen MR) is 72.5 cm³/mol. The number of aromatic nitrogens is 1. The van der Waals surface area contributed by atoms with Crippen LogP contribution in [-0.4, -0.2) is 40.4 Å². The fourth-order valence-electron chi connectivity index (χ4n) is 2.75. The van der Waals surface area contributed by atoms with Gasteiger partial charge in [0, 0.05) is 18.8 Å². The van der Waals surface area contributed by atoms with E-state index in [0.717, 1.165) is 25.7 Å². The molecule has 1 aromatic rings. The molecular weight excluding hydrogens is 244 g/mol. The Labute approximate surface area is 112 Å². The summed E-state index contributed by atoms with van der Waals surface area (Å²) in [5, 5.41) is 18.5. The number of anilines is 1. The van der Waals surface area contributed by atoms with Gasteiger partial charge in [-0.2, -0.15) is 0 Å². The van der Waals surface area contributed by atoms with Gasteiger partial charge in [-0.15, -0.1) is 0 Å². The van der Waals surface area contributed by atoms with Crippen LogP contribution in [0, 0.1) is 0 Å². The second-order valence-corrected chi connectivity index (χ2v) is 4.89. The molecule has 1 fully saturated rings. The van der Waals surface area contributed by atoms with Gasteiger partial charge in [-0.3, -0.25) is 0 Å². The number of carboxylic acid groups (broad SMARTS) is 1. The summed E-state index contributed by atoms with van der Waals surface area (Å²) in [7, 11) is 0. The number of rotatable bonds is 5. The van der Waals surface area contributed by atoms with E-state index < -0.39 is 5.97 Å². The Hall–Kier alpha value is -1.62. The Bertz CT molecular complexity index is 430. The van der Waals surface area contributed by atoms with Crippen LogP contribution < -0.4 is 4.90 Å². The van der Waals surface area contributed by atoms with Crippen molar-refractivity contribution in [1.82, 2.24) is 4.98 Å². The fraction of sp³-hybridized carbons (Fsp3) is 0.571. The molecule has 0 atom stereocenters. The number of aliphatic hydroxyl groups excluding tert-OH is 1. The van der Waals surface area contributed by atoms with E-state index in [-0.39, 0.29) is 18.2 Å². The second-order valence-electron chi connectivity index (χ2n) is 4.89. The number of carboxylic acids is 1. The van der Waals surface area contributed by atoms with Gasteiger partial charge in [0.15, 0.2) is 0 Å². The zero-order valence-corrected chi connectivity index (χ0v) is 11.0. The Morgan fingerprint density at radius 1 is 1.37 bits per heavy atom. The number of aliphatic hydroxyl groups is 1. The number of carbonyl (C=O) groups is 1. The van der Waals surface area contributed by atoms with Gasteiger partial charge < -0.3 is 15.1 Å². The molecule has 5 nitrogen and oxygen atoms in total. The van der Waals surface area contributed by atoms with E-state index in [0.29, 0.717) is 12.4 Å². The van der Waals surface area contributed by atoms with Crippen LogP contribution in [0.25, 0.3) is 0 Å². The van der Waals surface area contributed by atoms with E-state index in [1.165, 1.54) is 6.42 Å². The highest BCUT2D eigenvalue weighted by atomic mass is 16.4. The highest BCUT2D eigenvalue weighted by Crippen LogP contribution is 2.28. The molecule has 0 bridgehead atoms. The van der Waals surface area contributed by atoms with E-state index in [9.17, 15) is 15.0 Å². The van der Waals surface area contributed by atoms with Crippen molar-refractivity contribution in [3.63, 3.8) is 0 Å². The van der Waals surface area contributed by atoms with Gasteiger partial charge in [0.1, 0.15) is 11.4 Å². The van der Waals surface area contributed by atoms with Crippen molar-refractivity contribution in [2.24, 2.45) is 0 Å². The van der Waals surface area contributed by atoms with E-state index in [2.05, 4.69) is 4.98 Å². The van der Waals surface area contributed by atoms with Crippen molar-refractivity contribution in [1.29, 1.82) is 0 Å². The summed E-state index contributed by atoms with van der Waals surface area (Å²) < 4.78 is 0. The molecule has 1 aliphatic rings. The molecule has 0 radical (unpaired) electrons. The van der Waals surface area contributed by atoms with Crippen LogP contribution in [-0.2, 0) is 0 Å². The third-order valence-electron chi connectivity index (χ3n) is 3.65. The van der Waals surface area contributed by atoms with Gasteiger partial charge in [0.05, 0.1) is 6.61 Å². The van der Waals surface area contributed by atoms with Crippen LogP contribution in [0.2, 0.25) is 0 Å². The molecular formula is C14H20N2O3. The van der Waals surface area contributed by atoms with Crippen molar-refractivity contribution < 1.29 is 15.0 Å². The van der Waals surface area contributed by atoms with Crippen molar-refractivity contribution in [3.05, 3.63) is 23.9 Å². The van der Waals surface area contributed by atoms with Crippen LogP contribution in [0.1, 0.15) is 42.5 Å². The van der Waals surface area contributed by atoms with Crippen LogP contribution in [0.4, 0.5) is 5.82 Å². The molecule has 2 rings (SSSR count). The molecule has 104 valence electrons. The van der Waals surface area contributed by atoms with E-state index in [1.54, 1.807) is 18.3 Å². The predicted octanol–water partition coefficient (Wildman–Crippen LogP) is 1.91. The lowest BCUT2D eigenvalue weighted by Gasteiger charge is -2.35. The smallest absolute Gasteiger partial charge is 0.339 e. The zero-order valence-electron chi connectivity index (χ0n) is 11.0. The molecule has 0 unspecified atom stereocenters. The average molecular weight is 264 g/mol. The first-order chi connectivity index (χ1) is 9.24. The number of hydrogen-bond acceptors (Lipinski definition) is 4. The minimum Gasteiger partial charge on any atom is -0.478 e. The van der Waals surface area contributed by atoms with Gasteiger partial charge in [0.25, 0.3) is 0 Å². The fourth-order valence-corrected chi connectivity index (χ4v) is 2.75. The first-order valence-electron chi connectivity index (χ1n) is 6.80. The molecule has 19 heavy (non-hydrogen) atoms. The highest BCUT2D eigenvalue weighted by Gasteiger charge is 2.25. The first kappa shape index (κ1) is 13.8. The maximum Gasteiger partial charge on any atom is 0.339 e. The molecule has 1 saturated carbocycles. The Morgan fingerprint density at radius 2 is 2.11 bits per heavy atom. The number of aromatic carboxylic acids is 1.